The molecule has 0 spiro atoms. The Morgan fingerprint density at radius 3 is 2.94 bits per heavy atom. The van der Waals surface area contributed by atoms with Crippen molar-refractivity contribution in [3.63, 3.8) is 0 Å². The number of amides is 1. The van der Waals surface area contributed by atoms with Crippen LogP contribution in [0.2, 0.25) is 0 Å². The smallest absolute Gasteiger partial charge is 0.221 e. The molecule has 1 N–H and O–H groups in total. The Balaban J connectivity index is 2.41. The molecular formula is C12H21N3O. The lowest BCUT2D eigenvalue weighted by Gasteiger charge is -2.10. The Morgan fingerprint density at radius 2 is 2.31 bits per heavy atom. The molecule has 0 saturated carbocycles. The van der Waals surface area contributed by atoms with Crippen LogP contribution in [0.3, 0.4) is 0 Å². The average molecular weight is 223 g/mol. The number of imidazole rings is 1. The minimum Gasteiger partial charge on any atom is -0.354 e. The molecule has 0 aliphatic heterocycles. The van der Waals surface area contributed by atoms with E-state index in [1.807, 2.05) is 20.0 Å². The SMILES string of the molecule is CCCc1nccn1CCC(=O)NC(C)C. The van der Waals surface area contributed by atoms with E-state index in [1.54, 1.807) is 6.20 Å². The number of carbonyl (C=O) groups is 1. The van der Waals surface area contributed by atoms with Crippen LogP contribution < -0.4 is 5.32 Å². The van der Waals surface area contributed by atoms with Crippen molar-refractivity contribution >= 4 is 5.91 Å². The minimum atomic E-state index is 0.103. The Morgan fingerprint density at radius 1 is 1.56 bits per heavy atom. The second kappa shape index (κ2) is 6.30. The van der Waals surface area contributed by atoms with Crippen LogP contribution in [-0.4, -0.2) is 21.5 Å². The predicted octanol–water partition coefficient (Wildman–Crippen LogP) is 1.75. The van der Waals surface area contributed by atoms with Gasteiger partial charge in [-0.3, -0.25) is 4.79 Å². The van der Waals surface area contributed by atoms with E-state index in [0.717, 1.165) is 18.7 Å². The number of nitrogens with one attached hydrogen (secondary N) is 1. The Hall–Kier alpha value is -1.32. The molecule has 0 aliphatic rings. The third kappa shape index (κ3) is 4.04. The zero-order chi connectivity index (χ0) is 12.0. The third-order valence-corrected chi connectivity index (χ3v) is 2.30. The summed E-state index contributed by atoms with van der Waals surface area (Å²) in [6.45, 7) is 6.79. The van der Waals surface area contributed by atoms with Gasteiger partial charge in [-0.15, -0.1) is 0 Å². The van der Waals surface area contributed by atoms with Crippen molar-refractivity contribution in [2.24, 2.45) is 0 Å². The summed E-state index contributed by atoms with van der Waals surface area (Å²) in [6, 6.07) is 0.213. The van der Waals surface area contributed by atoms with E-state index in [0.29, 0.717) is 13.0 Å². The zero-order valence-corrected chi connectivity index (χ0v) is 10.4. The van der Waals surface area contributed by atoms with Crippen LogP contribution >= 0.6 is 0 Å². The first-order valence-electron chi connectivity index (χ1n) is 5.92. The lowest BCUT2D eigenvalue weighted by Crippen LogP contribution is -2.30. The van der Waals surface area contributed by atoms with Gasteiger partial charge in [0.2, 0.25) is 5.91 Å². The topological polar surface area (TPSA) is 46.9 Å². The van der Waals surface area contributed by atoms with Crippen molar-refractivity contribution < 1.29 is 4.79 Å². The van der Waals surface area contributed by atoms with Crippen molar-refractivity contribution in [3.8, 4) is 0 Å². The Labute approximate surface area is 97.1 Å². The molecule has 0 radical (unpaired) electrons. The number of aromatic nitrogens is 2. The fourth-order valence-corrected chi connectivity index (χ4v) is 1.61. The van der Waals surface area contributed by atoms with Gasteiger partial charge in [0.15, 0.2) is 0 Å². The fraction of sp³-hybridized carbons (Fsp3) is 0.667. The van der Waals surface area contributed by atoms with Gasteiger partial charge in [-0.1, -0.05) is 6.92 Å². The van der Waals surface area contributed by atoms with Gasteiger partial charge in [0, 0.05) is 37.8 Å². The molecule has 1 aromatic rings. The molecule has 0 bridgehead atoms. The molecule has 4 nitrogen and oxygen atoms in total. The van der Waals surface area contributed by atoms with Gasteiger partial charge in [-0.05, 0) is 20.3 Å². The van der Waals surface area contributed by atoms with Gasteiger partial charge in [-0.25, -0.2) is 4.98 Å². The lowest BCUT2D eigenvalue weighted by atomic mass is 10.3. The summed E-state index contributed by atoms with van der Waals surface area (Å²) in [5, 5.41) is 2.88. The molecule has 0 aromatic carbocycles. The zero-order valence-electron chi connectivity index (χ0n) is 10.4. The van der Waals surface area contributed by atoms with Gasteiger partial charge in [0.05, 0.1) is 0 Å². The molecular weight excluding hydrogens is 202 g/mol. The quantitative estimate of drug-likeness (QED) is 0.798. The van der Waals surface area contributed by atoms with E-state index < -0.39 is 0 Å². The summed E-state index contributed by atoms with van der Waals surface area (Å²) < 4.78 is 2.06. The van der Waals surface area contributed by atoms with Crippen LogP contribution in [0.4, 0.5) is 0 Å². The molecule has 0 aliphatic carbocycles. The second-order valence-corrected chi connectivity index (χ2v) is 4.26. The van der Waals surface area contributed by atoms with Crippen molar-refractivity contribution in [2.75, 3.05) is 0 Å². The van der Waals surface area contributed by atoms with Gasteiger partial charge < -0.3 is 9.88 Å². The van der Waals surface area contributed by atoms with Gasteiger partial charge in [0.25, 0.3) is 0 Å². The van der Waals surface area contributed by atoms with E-state index in [1.165, 1.54) is 0 Å². The van der Waals surface area contributed by atoms with Crippen LogP contribution in [0.1, 0.15) is 39.4 Å². The molecule has 1 heterocycles. The molecule has 1 rings (SSSR count). The predicted molar refractivity (Wildman–Crippen MR) is 64.1 cm³/mol. The normalized spacial score (nSPS) is 10.8. The van der Waals surface area contributed by atoms with E-state index >= 15 is 0 Å². The standard InChI is InChI=1S/C12H21N3O/c1-4-5-11-13-7-9-15(11)8-6-12(16)14-10(2)3/h7,9-10H,4-6,8H2,1-3H3,(H,14,16). The van der Waals surface area contributed by atoms with Gasteiger partial charge in [-0.2, -0.15) is 0 Å². The minimum absolute atomic E-state index is 0.103. The highest BCUT2D eigenvalue weighted by Crippen LogP contribution is 2.02. The highest BCUT2D eigenvalue weighted by Gasteiger charge is 2.06. The number of hydrogen-bond acceptors (Lipinski definition) is 2. The molecule has 1 aromatic heterocycles. The van der Waals surface area contributed by atoms with Crippen molar-refractivity contribution in [2.45, 2.75) is 52.6 Å². The largest absolute Gasteiger partial charge is 0.354 e. The maximum absolute atomic E-state index is 11.5. The van der Waals surface area contributed by atoms with Crippen molar-refractivity contribution in [1.82, 2.24) is 14.9 Å². The summed E-state index contributed by atoms with van der Waals surface area (Å²) in [4.78, 5) is 15.7. The molecule has 90 valence electrons. The van der Waals surface area contributed by atoms with Crippen LogP contribution in [0.5, 0.6) is 0 Å². The number of rotatable bonds is 6. The fourth-order valence-electron chi connectivity index (χ4n) is 1.61. The molecule has 0 fully saturated rings. The van der Waals surface area contributed by atoms with Gasteiger partial charge in [0.1, 0.15) is 5.82 Å². The third-order valence-electron chi connectivity index (χ3n) is 2.30. The van der Waals surface area contributed by atoms with Crippen molar-refractivity contribution in [3.05, 3.63) is 18.2 Å². The molecule has 0 unspecified atom stereocenters. The molecule has 0 atom stereocenters. The second-order valence-electron chi connectivity index (χ2n) is 4.26. The highest BCUT2D eigenvalue weighted by atomic mass is 16.1. The number of nitrogens with zero attached hydrogens (tertiary/aromatic N) is 2. The number of aryl methyl sites for hydroxylation is 2. The van der Waals surface area contributed by atoms with Crippen molar-refractivity contribution in [1.29, 1.82) is 0 Å². The number of hydrogen-bond donors (Lipinski definition) is 1. The van der Waals surface area contributed by atoms with E-state index in [-0.39, 0.29) is 11.9 Å². The van der Waals surface area contributed by atoms with E-state index in [9.17, 15) is 4.79 Å². The summed E-state index contributed by atoms with van der Waals surface area (Å²) in [7, 11) is 0. The first-order chi connectivity index (χ1) is 7.63. The monoisotopic (exact) mass is 223 g/mol. The Bertz CT molecular complexity index is 331. The summed E-state index contributed by atoms with van der Waals surface area (Å²) >= 11 is 0. The summed E-state index contributed by atoms with van der Waals surface area (Å²) in [5.41, 5.74) is 0. The van der Waals surface area contributed by atoms with Crippen LogP contribution in [0.25, 0.3) is 0 Å². The first-order valence-corrected chi connectivity index (χ1v) is 5.92. The molecule has 1 amide bonds. The Kier molecular flexibility index (Phi) is 5.02. The maximum Gasteiger partial charge on any atom is 0.221 e. The molecule has 16 heavy (non-hydrogen) atoms. The van der Waals surface area contributed by atoms with E-state index in [2.05, 4.69) is 21.8 Å². The lowest BCUT2D eigenvalue weighted by molar-refractivity contribution is -0.121. The summed E-state index contributed by atoms with van der Waals surface area (Å²) in [6.07, 6.45) is 6.30. The van der Waals surface area contributed by atoms with Crippen LogP contribution in [0.15, 0.2) is 12.4 Å². The first kappa shape index (κ1) is 12.7. The maximum atomic E-state index is 11.5. The highest BCUT2D eigenvalue weighted by molar-refractivity contribution is 5.76. The van der Waals surface area contributed by atoms with Crippen LogP contribution in [0, 0.1) is 0 Å². The average Bonchev–Trinajstić information content (AvgIpc) is 2.62. The number of carbonyl (C=O) groups excluding carboxylic acids is 1. The molecule has 4 heteroatoms. The van der Waals surface area contributed by atoms with Crippen LogP contribution in [-0.2, 0) is 17.8 Å². The summed E-state index contributed by atoms with van der Waals surface area (Å²) in [5.74, 6) is 1.17. The molecule has 0 saturated heterocycles. The van der Waals surface area contributed by atoms with Gasteiger partial charge >= 0.3 is 0 Å². The van der Waals surface area contributed by atoms with E-state index in [4.69, 9.17) is 0 Å².